The molecule has 2 heterocycles. The van der Waals surface area contributed by atoms with Crippen LogP contribution in [0.5, 0.6) is 0 Å². The average molecular weight is 288 g/mol. The second-order valence-corrected chi connectivity index (χ2v) is 5.23. The predicted octanol–water partition coefficient (Wildman–Crippen LogP) is 1.70. The summed E-state index contributed by atoms with van der Waals surface area (Å²) in [5.74, 6) is 0.367. The van der Waals surface area contributed by atoms with E-state index >= 15 is 0 Å². The molecule has 1 fully saturated rings. The molecule has 0 amide bonds. The normalized spacial score (nSPS) is 19.9. The summed E-state index contributed by atoms with van der Waals surface area (Å²) in [6.45, 7) is 1.56. The highest BCUT2D eigenvalue weighted by Gasteiger charge is 2.34. The third-order valence-corrected chi connectivity index (χ3v) is 3.66. The van der Waals surface area contributed by atoms with Crippen molar-refractivity contribution >= 4 is 5.82 Å². The minimum absolute atomic E-state index is 0.184. The molecule has 0 saturated carbocycles. The first kappa shape index (κ1) is 15.1. The van der Waals surface area contributed by atoms with E-state index < -0.39 is 11.9 Å². The van der Waals surface area contributed by atoms with Gasteiger partial charge in [0, 0.05) is 31.2 Å². The summed E-state index contributed by atoms with van der Waals surface area (Å²) >= 11 is 0. The Morgan fingerprint density at radius 2 is 2.10 bits per heavy atom. The van der Waals surface area contributed by atoms with Gasteiger partial charge in [-0.3, -0.25) is 0 Å². The van der Waals surface area contributed by atoms with Crippen LogP contribution in [0.25, 0.3) is 0 Å². The van der Waals surface area contributed by atoms with E-state index in [0.717, 1.165) is 12.5 Å². The number of rotatable bonds is 3. The van der Waals surface area contributed by atoms with E-state index in [1.54, 1.807) is 0 Å². The Balaban J connectivity index is 2.30. The Labute approximate surface area is 116 Å². The Morgan fingerprint density at radius 1 is 1.40 bits per heavy atom. The minimum Gasteiger partial charge on any atom is -0.355 e. The van der Waals surface area contributed by atoms with Gasteiger partial charge in [-0.25, -0.2) is 4.98 Å². The molecule has 0 bridgehead atoms. The molecule has 1 aromatic rings. The molecule has 1 aromatic heterocycles. The minimum atomic E-state index is -4.43. The van der Waals surface area contributed by atoms with Gasteiger partial charge >= 0.3 is 6.18 Å². The maximum Gasteiger partial charge on any atom is 0.433 e. The maximum atomic E-state index is 12.8. The predicted molar refractivity (Wildman–Crippen MR) is 71.4 cm³/mol. The smallest absolute Gasteiger partial charge is 0.355 e. The van der Waals surface area contributed by atoms with Crippen LogP contribution in [0.3, 0.4) is 0 Å². The van der Waals surface area contributed by atoms with Gasteiger partial charge in [0.05, 0.1) is 0 Å². The molecule has 0 spiro atoms. The molecule has 0 unspecified atom stereocenters. The van der Waals surface area contributed by atoms with Crippen LogP contribution in [0, 0.1) is 0 Å². The van der Waals surface area contributed by atoms with Gasteiger partial charge in [-0.15, -0.1) is 0 Å². The molecule has 2 N–H and O–H groups in total. The third-order valence-electron chi connectivity index (χ3n) is 3.66. The van der Waals surface area contributed by atoms with E-state index in [4.69, 9.17) is 5.73 Å². The fourth-order valence-corrected chi connectivity index (χ4v) is 2.42. The Bertz CT molecular complexity index is 473. The molecule has 4 nitrogen and oxygen atoms in total. The topological polar surface area (TPSA) is 45.4 Å². The molecule has 7 heteroatoms. The van der Waals surface area contributed by atoms with Gasteiger partial charge in [-0.1, -0.05) is 6.07 Å². The first-order chi connectivity index (χ1) is 9.32. The number of alkyl halides is 3. The van der Waals surface area contributed by atoms with Crippen molar-refractivity contribution < 1.29 is 13.2 Å². The van der Waals surface area contributed by atoms with Crippen molar-refractivity contribution in [2.24, 2.45) is 5.73 Å². The number of likely N-dealkylation sites (N-methyl/N-ethyl adjacent to an activating group) is 1. The molecular weight excluding hydrogens is 269 g/mol. The summed E-state index contributed by atoms with van der Waals surface area (Å²) in [6, 6.07) is 2.75. The number of hydrogen-bond acceptors (Lipinski definition) is 4. The van der Waals surface area contributed by atoms with E-state index in [1.165, 1.54) is 6.07 Å². The Hall–Kier alpha value is -1.34. The summed E-state index contributed by atoms with van der Waals surface area (Å²) in [5.41, 5.74) is 5.40. The van der Waals surface area contributed by atoms with Gasteiger partial charge in [0.2, 0.25) is 0 Å². The van der Waals surface area contributed by atoms with E-state index in [9.17, 15) is 13.2 Å². The van der Waals surface area contributed by atoms with E-state index in [-0.39, 0.29) is 6.54 Å². The van der Waals surface area contributed by atoms with Crippen molar-refractivity contribution in [3.05, 3.63) is 23.4 Å². The average Bonchev–Trinajstić information content (AvgIpc) is 2.86. The summed E-state index contributed by atoms with van der Waals surface area (Å²) in [7, 11) is 3.94. The molecule has 1 aliphatic rings. The highest BCUT2D eigenvalue weighted by molar-refractivity contribution is 5.49. The van der Waals surface area contributed by atoms with Crippen LogP contribution in [0.15, 0.2) is 12.1 Å². The van der Waals surface area contributed by atoms with Crippen LogP contribution >= 0.6 is 0 Å². The van der Waals surface area contributed by atoms with Crippen molar-refractivity contribution in [3.63, 3.8) is 0 Å². The van der Waals surface area contributed by atoms with Crippen molar-refractivity contribution in [2.75, 3.05) is 32.1 Å². The van der Waals surface area contributed by atoms with Crippen LogP contribution in [-0.2, 0) is 12.7 Å². The number of nitrogens with two attached hydrogens (primary N) is 1. The molecule has 0 aliphatic carbocycles. The monoisotopic (exact) mass is 288 g/mol. The fraction of sp³-hybridized carbons (Fsp3) is 0.615. The molecular formula is C13H19F3N4. The van der Waals surface area contributed by atoms with E-state index in [1.807, 2.05) is 19.0 Å². The van der Waals surface area contributed by atoms with Crippen molar-refractivity contribution in [3.8, 4) is 0 Å². The van der Waals surface area contributed by atoms with Gasteiger partial charge < -0.3 is 15.5 Å². The number of anilines is 1. The van der Waals surface area contributed by atoms with Crippen LogP contribution in [-0.4, -0.2) is 43.1 Å². The number of hydrogen-bond donors (Lipinski definition) is 1. The first-order valence-electron chi connectivity index (χ1n) is 6.51. The van der Waals surface area contributed by atoms with Crippen LogP contribution < -0.4 is 10.6 Å². The third kappa shape index (κ3) is 3.04. The molecule has 0 radical (unpaired) electrons. The highest BCUT2D eigenvalue weighted by atomic mass is 19.4. The summed E-state index contributed by atoms with van der Waals surface area (Å²) in [4.78, 5) is 7.76. The Morgan fingerprint density at radius 3 is 2.60 bits per heavy atom. The summed E-state index contributed by atoms with van der Waals surface area (Å²) in [6.07, 6.45) is -3.52. The lowest BCUT2D eigenvalue weighted by molar-refractivity contribution is -0.141. The van der Waals surface area contributed by atoms with Gasteiger partial charge in [0.1, 0.15) is 11.5 Å². The molecule has 112 valence electrons. The van der Waals surface area contributed by atoms with E-state index in [2.05, 4.69) is 9.88 Å². The van der Waals surface area contributed by atoms with Crippen LogP contribution in [0.1, 0.15) is 17.7 Å². The van der Waals surface area contributed by atoms with Gasteiger partial charge in [0.15, 0.2) is 0 Å². The molecule has 1 aliphatic heterocycles. The number of aromatic nitrogens is 1. The number of nitrogens with zero attached hydrogens (tertiary/aromatic N) is 3. The molecule has 2 rings (SSSR count). The van der Waals surface area contributed by atoms with Gasteiger partial charge in [-0.05, 0) is 26.6 Å². The molecule has 1 atom stereocenters. The van der Waals surface area contributed by atoms with Crippen LogP contribution in [0.4, 0.5) is 19.0 Å². The largest absolute Gasteiger partial charge is 0.433 e. The van der Waals surface area contributed by atoms with E-state index in [0.29, 0.717) is 30.5 Å². The standard InChI is InChI=1S/C13H19F3N4/c1-19(2)10-5-6-20(8-10)12-9(7-17)3-4-11(18-12)13(14,15)16/h3-4,10H,5-8,17H2,1-2H3/t10-/m0/s1. The highest BCUT2D eigenvalue weighted by Crippen LogP contribution is 2.31. The lowest BCUT2D eigenvalue weighted by Crippen LogP contribution is -2.32. The zero-order chi connectivity index (χ0) is 14.9. The maximum absolute atomic E-state index is 12.8. The molecule has 1 saturated heterocycles. The summed E-state index contributed by atoms with van der Waals surface area (Å²) in [5, 5.41) is 0. The zero-order valence-electron chi connectivity index (χ0n) is 11.6. The van der Waals surface area contributed by atoms with Crippen molar-refractivity contribution in [1.82, 2.24) is 9.88 Å². The van der Waals surface area contributed by atoms with Crippen molar-refractivity contribution in [1.29, 1.82) is 0 Å². The Kier molecular flexibility index (Phi) is 4.19. The second-order valence-electron chi connectivity index (χ2n) is 5.23. The molecule has 0 aromatic carbocycles. The van der Waals surface area contributed by atoms with Crippen LogP contribution in [0.2, 0.25) is 0 Å². The number of halogens is 3. The van der Waals surface area contributed by atoms with Gasteiger partial charge in [-0.2, -0.15) is 13.2 Å². The lowest BCUT2D eigenvalue weighted by Gasteiger charge is -2.23. The zero-order valence-corrected chi connectivity index (χ0v) is 11.6. The van der Waals surface area contributed by atoms with Gasteiger partial charge in [0.25, 0.3) is 0 Å². The lowest BCUT2D eigenvalue weighted by atomic mass is 10.2. The fourth-order valence-electron chi connectivity index (χ4n) is 2.42. The first-order valence-corrected chi connectivity index (χ1v) is 6.51. The molecule has 20 heavy (non-hydrogen) atoms. The SMILES string of the molecule is CN(C)[C@H]1CCN(c2nc(C(F)(F)F)ccc2CN)C1. The second kappa shape index (κ2) is 5.57. The van der Waals surface area contributed by atoms with Crippen molar-refractivity contribution in [2.45, 2.75) is 25.2 Å². The number of pyridine rings is 1. The summed E-state index contributed by atoms with van der Waals surface area (Å²) < 4.78 is 38.3. The quantitative estimate of drug-likeness (QED) is 0.919.